The average Bonchev–Trinajstić information content (AvgIpc) is 3.06. The van der Waals surface area contributed by atoms with E-state index in [1.807, 2.05) is 11.9 Å². The number of anilines is 2. The summed E-state index contributed by atoms with van der Waals surface area (Å²) in [6.45, 7) is 0.695. The molecule has 1 aliphatic rings. The zero-order chi connectivity index (χ0) is 24.1. The Balaban J connectivity index is 1.54. The van der Waals surface area contributed by atoms with Gasteiger partial charge in [0.25, 0.3) is 11.5 Å². The molecular weight excluding hydrogens is 430 g/mol. The fraction of sp³-hybridized carbons (Fsp3) is 0.409. The molecule has 1 aromatic carbocycles. The average molecular weight is 457 g/mol. The molecule has 1 amide bonds. The van der Waals surface area contributed by atoms with Crippen molar-refractivity contribution < 1.29 is 24.6 Å². The summed E-state index contributed by atoms with van der Waals surface area (Å²) in [6, 6.07) is 5.54. The van der Waals surface area contributed by atoms with Gasteiger partial charge in [0, 0.05) is 31.5 Å². The number of nitrogens with zero attached hydrogens (tertiary/aromatic N) is 2. The first kappa shape index (κ1) is 23.8. The Kier molecular flexibility index (Phi) is 7.31. The Hall–Kier alpha value is -3.89. The molecule has 0 saturated heterocycles. The highest BCUT2D eigenvalue weighted by Crippen LogP contribution is 2.34. The third-order valence-corrected chi connectivity index (χ3v) is 5.70. The number of aryl methyl sites for hydroxylation is 1. The van der Waals surface area contributed by atoms with Gasteiger partial charge >= 0.3 is 11.9 Å². The van der Waals surface area contributed by atoms with E-state index in [1.165, 1.54) is 0 Å². The van der Waals surface area contributed by atoms with Crippen molar-refractivity contribution in [2.24, 2.45) is 0 Å². The Labute approximate surface area is 189 Å². The van der Waals surface area contributed by atoms with Crippen molar-refractivity contribution in [1.82, 2.24) is 15.3 Å². The molecule has 0 saturated carbocycles. The van der Waals surface area contributed by atoms with E-state index in [1.54, 1.807) is 24.3 Å². The van der Waals surface area contributed by atoms with Gasteiger partial charge < -0.3 is 26.2 Å². The molecule has 0 aliphatic carbocycles. The summed E-state index contributed by atoms with van der Waals surface area (Å²) in [5.74, 6) is -2.19. The molecule has 3 rings (SSSR count). The van der Waals surface area contributed by atoms with E-state index >= 15 is 0 Å². The van der Waals surface area contributed by atoms with Crippen molar-refractivity contribution in [2.45, 2.75) is 44.1 Å². The van der Waals surface area contributed by atoms with E-state index in [9.17, 15) is 24.3 Å². The SMILES string of the molecule is CN1CC(CCCc2ccc(C(=O)N[C@@H](CCC(=O)O)C(=O)O)cc2)c2c1nc(N)[nH]c2=O. The number of rotatable bonds is 10. The highest BCUT2D eigenvalue weighted by molar-refractivity contribution is 5.96. The maximum Gasteiger partial charge on any atom is 0.326 e. The first-order chi connectivity index (χ1) is 15.7. The number of carboxylic acids is 2. The molecule has 0 bridgehead atoms. The lowest BCUT2D eigenvalue weighted by atomic mass is 9.95. The van der Waals surface area contributed by atoms with E-state index in [0.29, 0.717) is 23.5 Å². The van der Waals surface area contributed by atoms with Gasteiger partial charge in [-0.1, -0.05) is 12.1 Å². The van der Waals surface area contributed by atoms with Gasteiger partial charge in [0.2, 0.25) is 5.95 Å². The summed E-state index contributed by atoms with van der Waals surface area (Å²) >= 11 is 0. The number of nitrogens with one attached hydrogen (secondary N) is 2. The standard InChI is InChI=1S/C22H27N5O6/c1-27-11-14(17-18(27)25-22(23)26-20(17)31)4-2-3-12-5-7-13(8-6-12)19(30)24-15(21(32)33)9-10-16(28)29/h5-8,14-15H,2-4,9-11H2,1H3,(H,24,30)(H,28,29)(H,32,33)(H3,23,25,26,31)/t14?,15-/m0/s1. The second-order valence-electron chi connectivity index (χ2n) is 8.15. The van der Waals surface area contributed by atoms with Crippen LogP contribution in [-0.4, -0.2) is 57.7 Å². The number of fused-ring (bicyclic) bond motifs is 1. The molecule has 1 aromatic heterocycles. The Morgan fingerprint density at radius 2 is 1.97 bits per heavy atom. The molecule has 33 heavy (non-hydrogen) atoms. The van der Waals surface area contributed by atoms with Crippen molar-refractivity contribution in [2.75, 3.05) is 24.2 Å². The summed E-state index contributed by atoms with van der Waals surface area (Å²) in [4.78, 5) is 55.3. The van der Waals surface area contributed by atoms with Crippen LogP contribution >= 0.6 is 0 Å². The Morgan fingerprint density at radius 1 is 1.27 bits per heavy atom. The van der Waals surface area contributed by atoms with Gasteiger partial charge in [-0.15, -0.1) is 0 Å². The number of aromatic amines is 1. The van der Waals surface area contributed by atoms with Crippen LogP contribution < -0.4 is 21.5 Å². The van der Waals surface area contributed by atoms with Gasteiger partial charge in [-0.3, -0.25) is 19.4 Å². The fourth-order valence-corrected chi connectivity index (χ4v) is 4.03. The van der Waals surface area contributed by atoms with Gasteiger partial charge in [-0.2, -0.15) is 4.98 Å². The number of H-pyrrole nitrogens is 1. The minimum atomic E-state index is -1.28. The molecular formula is C22H27N5O6. The van der Waals surface area contributed by atoms with Crippen LogP contribution in [0, 0.1) is 0 Å². The van der Waals surface area contributed by atoms with Crippen molar-refractivity contribution in [3.05, 3.63) is 51.3 Å². The number of hydrogen-bond acceptors (Lipinski definition) is 7. The molecule has 2 aromatic rings. The topological polar surface area (TPSA) is 179 Å². The molecule has 0 radical (unpaired) electrons. The lowest BCUT2D eigenvalue weighted by Crippen LogP contribution is -2.41. The normalized spacial score (nSPS) is 15.7. The molecule has 1 unspecified atom stereocenters. The lowest BCUT2D eigenvalue weighted by molar-refractivity contribution is -0.140. The van der Waals surface area contributed by atoms with Crippen LogP contribution in [0.4, 0.5) is 11.8 Å². The second kappa shape index (κ2) is 10.2. The van der Waals surface area contributed by atoms with Gasteiger partial charge in [0.15, 0.2) is 0 Å². The predicted octanol–water partition coefficient (Wildman–Crippen LogP) is 0.956. The maximum absolute atomic E-state index is 12.3. The number of benzene rings is 1. The first-order valence-corrected chi connectivity index (χ1v) is 10.6. The van der Waals surface area contributed by atoms with Gasteiger partial charge in [0.05, 0.1) is 5.56 Å². The summed E-state index contributed by atoms with van der Waals surface area (Å²) in [7, 11) is 1.88. The second-order valence-corrected chi connectivity index (χ2v) is 8.15. The van der Waals surface area contributed by atoms with E-state index in [-0.39, 0.29) is 30.3 Å². The highest BCUT2D eigenvalue weighted by atomic mass is 16.4. The molecule has 1 aliphatic heterocycles. The number of likely N-dealkylation sites (N-methyl/N-ethyl adjacent to an activating group) is 1. The van der Waals surface area contributed by atoms with Gasteiger partial charge in [0.1, 0.15) is 11.9 Å². The minimum absolute atomic E-state index is 0.0608. The minimum Gasteiger partial charge on any atom is -0.481 e. The maximum atomic E-state index is 12.3. The van der Waals surface area contributed by atoms with Crippen LogP contribution in [0.15, 0.2) is 29.1 Å². The third-order valence-electron chi connectivity index (χ3n) is 5.70. The molecule has 176 valence electrons. The summed E-state index contributed by atoms with van der Waals surface area (Å²) in [6.07, 6.45) is 1.81. The number of nitrogens with two attached hydrogens (primary N) is 1. The highest BCUT2D eigenvalue weighted by Gasteiger charge is 2.30. The number of aromatic nitrogens is 2. The summed E-state index contributed by atoms with van der Waals surface area (Å²) < 4.78 is 0. The van der Waals surface area contributed by atoms with E-state index in [2.05, 4.69) is 15.3 Å². The third kappa shape index (κ3) is 5.88. The smallest absolute Gasteiger partial charge is 0.326 e. The number of nitrogen functional groups attached to an aromatic ring is 1. The number of hydrogen-bond donors (Lipinski definition) is 5. The predicted molar refractivity (Wildman–Crippen MR) is 120 cm³/mol. The van der Waals surface area contributed by atoms with Crippen LogP contribution in [-0.2, 0) is 16.0 Å². The molecule has 2 atom stereocenters. The fourth-order valence-electron chi connectivity index (χ4n) is 4.03. The van der Waals surface area contributed by atoms with Gasteiger partial charge in [-0.05, 0) is 43.4 Å². The molecule has 2 heterocycles. The van der Waals surface area contributed by atoms with Crippen LogP contribution in [0.3, 0.4) is 0 Å². The summed E-state index contributed by atoms with van der Waals surface area (Å²) in [5, 5.41) is 20.3. The molecule has 11 heteroatoms. The van der Waals surface area contributed by atoms with Crippen LogP contribution in [0.2, 0.25) is 0 Å². The molecule has 11 nitrogen and oxygen atoms in total. The van der Waals surface area contributed by atoms with Gasteiger partial charge in [-0.25, -0.2) is 4.79 Å². The van der Waals surface area contributed by atoms with Crippen molar-refractivity contribution in [3.63, 3.8) is 0 Å². The molecule has 0 spiro atoms. The quantitative estimate of drug-likeness (QED) is 0.347. The zero-order valence-corrected chi connectivity index (χ0v) is 18.2. The van der Waals surface area contributed by atoms with Crippen molar-refractivity contribution >= 4 is 29.6 Å². The van der Waals surface area contributed by atoms with Crippen LogP contribution in [0.1, 0.15) is 53.1 Å². The number of carboxylic acid groups (broad SMARTS) is 2. The lowest BCUT2D eigenvalue weighted by Gasteiger charge is -2.14. The number of carbonyl (C=O) groups is 3. The molecule has 0 fully saturated rings. The van der Waals surface area contributed by atoms with E-state index < -0.39 is 23.9 Å². The van der Waals surface area contributed by atoms with Crippen molar-refractivity contribution in [3.8, 4) is 0 Å². The Morgan fingerprint density at radius 3 is 2.61 bits per heavy atom. The largest absolute Gasteiger partial charge is 0.481 e. The summed E-state index contributed by atoms with van der Waals surface area (Å²) in [5.41, 5.74) is 7.40. The number of amides is 1. The van der Waals surface area contributed by atoms with E-state index in [4.69, 9.17) is 10.8 Å². The van der Waals surface area contributed by atoms with Crippen LogP contribution in [0.25, 0.3) is 0 Å². The number of aliphatic carboxylic acids is 2. The van der Waals surface area contributed by atoms with Crippen molar-refractivity contribution in [1.29, 1.82) is 0 Å². The zero-order valence-electron chi connectivity index (χ0n) is 18.2. The monoisotopic (exact) mass is 457 g/mol. The number of carbonyl (C=O) groups excluding carboxylic acids is 1. The van der Waals surface area contributed by atoms with E-state index in [0.717, 1.165) is 24.8 Å². The molecule has 6 N–H and O–H groups in total. The van der Waals surface area contributed by atoms with Crippen LogP contribution in [0.5, 0.6) is 0 Å². The Bertz CT molecular complexity index is 1100. The first-order valence-electron chi connectivity index (χ1n) is 10.6.